The lowest BCUT2D eigenvalue weighted by molar-refractivity contribution is 0.397. The Labute approximate surface area is 119 Å². The zero-order chi connectivity index (χ0) is 14.5. The van der Waals surface area contributed by atoms with Gasteiger partial charge in [-0.15, -0.1) is 0 Å². The molecule has 106 valence electrons. The van der Waals surface area contributed by atoms with Crippen molar-refractivity contribution < 1.29 is 4.74 Å². The minimum absolute atomic E-state index is 0.0970. The van der Waals surface area contributed by atoms with Gasteiger partial charge in [-0.1, -0.05) is 6.07 Å². The van der Waals surface area contributed by atoms with E-state index < -0.39 is 0 Å². The highest BCUT2D eigenvalue weighted by Gasteiger charge is 2.06. The fraction of sp³-hybridized carbons (Fsp3) is 0.400. The highest BCUT2D eigenvalue weighted by Crippen LogP contribution is 2.11. The van der Waals surface area contributed by atoms with E-state index in [-0.39, 0.29) is 6.04 Å². The number of pyridine rings is 1. The maximum Gasteiger partial charge on any atom is 0.212 e. The third-order valence-electron chi connectivity index (χ3n) is 2.85. The quantitative estimate of drug-likeness (QED) is 0.896. The maximum absolute atomic E-state index is 5.82. The molecule has 2 aromatic heterocycles. The predicted molar refractivity (Wildman–Crippen MR) is 77.7 cm³/mol. The molecule has 0 radical (unpaired) electrons. The Balaban J connectivity index is 2.17. The van der Waals surface area contributed by atoms with Gasteiger partial charge in [-0.25, -0.2) is 15.0 Å². The van der Waals surface area contributed by atoms with E-state index in [1.54, 1.807) is 13.3 Å². The van der Waals surface area contributed by atoms with Gasteiger partial charge in [0.15, 0.2) is 0 Å². The zero-order valence-corrected chi connectivity index (χ0v) is 12.1. The Morgan fingerprint density at radius 3 is 2.70 bits per heavy atom. The number of ether oxygens (including phenoxy) is 1. The molecule has 0 aromatic carbocycles. The van der Waals surface area contributed by atoms with Gasteiger partial charge in [0, 0.05) is 42.5 Å². The van der Waals surface area contributed by atoms with E-state index in [9.17, 15) is 0 Å². The molecule has 2 N–H and O–H groups in total. The number of hydrogen-bond acceptors (Lipinski definition) is 5. The van der Waals surface area contributed by atoms with Crippen molar-refractivity contribution in [1.82, 2.24) is 15.0 Å². The molecular weight excluding hydrogens is 252 g/mol. The molecule has 0 saturated heterocycles. The van der Waals surface area contributed by atoms with Gasteiger partial charge in [0.05, 0.1) is 7.11 Å². The van der Waals surface area contributed by atoms with Gasteiger partial charge >= 0.3 is 0 Å². The smallest absolute Gasteiger partial charge is 0.212 e. The summed E-state index contributed by atoms with van der Waals surface area (Å²) >= 11 is 0. The van der Waals surface area contributed by atoms with E-state index in [1.165, 1.54) is 0 Å². The fourth-order valence-corrected chi connectivity index (χ4v) is 2.03. The fourth-order valence-electron chi connectivity index (χ4n) is 2.03. The van der Waals surface area contributed by atoms with Crippen LogP contribution in [-0.4, -0.2) is 28.1 Å². The molecule has 2 heterocycles. The third kappa shape index (κ3) is 3.99. The van der Waals surface area contributed by atoms with Crippen LogP contribution in [0.5, 0.6) is 5.88 Å². The van der Waals surface area contributed by atoms with Crippen molar-refractivity contribution in [3.63, 3.8) is 0 Å². The summed E-state index contributed by atoms with van der Waals surface area (Å²) in [7, 11) is 1.60. The monoisotopic (exact) mass is 272 g/mol. The summed E-state index contributed by atoms with van der Waals surface area (Å²) in [4.78, 5) is 13.2. The van der Waals surface area contributed by atoms with Crippen LogP contribution in [0.3, 0.4) is 0 Å². The summed E-state index contributed by atoms with van der Waals surface area (Å²) in [6.07, 6.45) is 3.21. The minimum Gasteiger partial charge on any atom is -0.481 e. The van der Waals surface area contributed by atoms with Gasteiger partial charge in [-0.3, -0.25) is 0 Å². The van der Waals surface area contributed by atoms with E-state index in [2.05, 4.69) is 15.0 Å². The van der Waals surface area contributed by atoms with Gasteiger partial charge in [0.25, 0.3) is 0 Å². The molecule has 5 nitrogen and oxygen atoms in total. The number of nitrogens with two attached hydrogens (primary N) is 1. The van der Waals surface area contributed by atoms with Crippen LogP contribution in [0.4, 0.5) is 0 Å². The molecule has 0 spiro atoms. The van der Waals surface area contributed by atoms with E-state index in [1.807, 2.05) is 32.0 Å². The minimum atomic E-state index is 0.0970. The first-order valence-electron chi connectivity index (χ1n) is 6.64. The first kappa shape index (κ1) is 14.4. The van der Waals surface area contributed by atoms with Gasteiger partial charge in [0.2, 0.25) is 5.88 Å². The van der Waals surface area contributed by atoms with Gasteiger partial charge in [-0.2, -0.15) is 0 Å². The Morgan fingerprint density at radius 2 is 2.10 bits per heavy atom. The largest absolute Gasteiger partial charge is 0.481 e. The number of hydrogen-bond donors (Lipinski definition) is 1. The molecular formula is C15H20N4O. The van der Waals surface area contributed by atoms with Crippen molar-refractivity contribution in [3.8, 4) is 5.88 Å². The van der Waals surface area contributed by atoms with E-state index in [4.69, 9.17) is 10.5 Å². The van der Waals surface area contributed by atoms with Crippen LogP contribution in [0.1, 0.15) is 29.7 Å². The molecule has 1 unspecified atom stereocenters. The molecule has 0 amide bonds. The molecule has 2 aromatic rings. The standard InChI is InChI=1S/C15H20N4O/c1-10(16)6-13-7-11(2)18-14(19-13)8-12-4-5-15(20-3)17-9-12/h4-5,7,9-10H,6,8,16H2,1-3H3. The topological polar surface area (TPSA) is 73.9 Å². The highest BCUT2D eigenvalue weighted by atomic mass is 16.5. The molecule has 0 aliphatic heterocycles. The predicted octanol–water partition coefficient (Wildman–Crippen LogP) is 1.67. The summed E-state index contributed by atoms with van der Waals surface area (Å²) in [5, 5.41) is 0. The Bertz CT molecular complexity index is 567. The lowest BCUT2D eigenvalue weighted by atomic mass is 10.1. The van der Waals surface area contributed by atoms with E-state index in [0.717, 1.165) is 29.2 Å². The SMILES string of the molecule is COc1ccc(Cc2nc(C)cc(CC(C)N)n2)cn1. The molecule has 0 fully saturated rings. The number of aromatic nitrogens is 3. The Morgan fingerprint density at radius 1 is 1.30 bits per heavy atom. The van der Waals surface area contributed by atoms with Crippen LogP contribution in [0.25, 0.3) is 0 Å². The van der Waals surface area contributed by atoms with Crippen molar-refractivity contribution in [1.29, 1.82) is 0 Å². The zero-order valence-electron chi connectivity index (χ0n) is 12.1. The van der Waals surface area contributed by atoms with Crippen LogP contribution in [0.2, 0.25) is 0 Å². The van der Waals surface area contributed by atoms with Crippen molar-refractivity contribution in [2.24, 2.45) is 5.73 Å². The molecule has 0 bridgehead atoms. The second-order valence-corrected chi connectivity index (χ2v) is 4.98. The summed E-state index contributed by atoms with van der Waals surface area (Å²) in [5.74, 6) is 1.41. The van der Waals surface area contributed by atoms with Crippen molar-refractivity contribution in [2.45, 2.75) is 32.7 Å². The molecule has 1 atom stereocenters. The Kier molecular flexibility index (Phi) is 4.63. The van der Waals surface area contributed by atoms with E-state index >= 15 is 0 Å². The number of methoxy groups -OCH3 is 1. The molecule has 0 saturated carbocycles. The Hall–Kier alpha value is -2.01. The molecule has 20 heavy (non-hydrogen) atoms. The summed E-state index contributed by atoms with van der Waals surface area (Å²) < 4.78 is 5.05. The average Bonchev–Trinajstić information content (AvgIpc) is 2.38. The summed E-state index contributed by atoms with van der Waals surface area (Å²) in [5.41, 5.74) is 8.84. The van der Waals surface area contributed by atoms with E-state index in [0.29, 0.717) is 12.3 Å². The van der Waals surface area contributed by atoms with Crippen molar-refractivity contribution in [3.05, 3.63) is 47.2 Å². The molecule has 5 heteroatoms. The number of rotatable bonds is 5. The first-order valence-corrected chi connectivity index (χ1v) is 6.64. The van der Waals surface area contributed by atoms with Crippen LogP contribution < -0.4 is 10.5 Å². The van der Waals surface area contributed by atoms with Gasteiger partial charge in [0.1, 0.15) is 5.82 Å². The maximum atomic E-state index is 5.82. The summed E-state index contributed by atoms with van der Waals surface area (Å²) in [6, 6.07) is 5.90. The lowest BCUT2D eigenvalue weighted by Crippen LogP contribution is -2.19. The lowest BCUT2D eigenvalue weighted by Gasteiger charge is -2.08. The average molecular weight is 272 g/mol. The normalized spacial score (nSPS) is 12.2. The number of aryl methyl sites for hydroxylation is 1. The highest BCUT2D eigenvalue weighted by molar-refractivity contribution is 5.22. The first-order chi connectivity index (χ1) is 9.56. The van der Waals surface area contributed by atoms with Crippen molar-refractivity contribution in [2.75, 3.05) is 7.11 Å². The van der Waals surface area contributed by atoms with Crippen molar-refractivity contribution >= 4 is 0 Å². The second-order valence-electron chi connectivity index (χ2n) is 4.98. The van der Waals surface area contributed by atoms with Gasteiger partial charge in [-0.05, 0) is 25.5 Å². The van der Waals surface area contributed by atoms with Crippen LogP contribution >= 0.6 is 0 Å². The third-order valence-corrected chi connectivity index (χ3v) is 2.85. The van der Waals surface area contributed by atoms with Crippen LogP contribution in [0.15, 0.2) is 24.4 Å². The summed E-state index contributed by atoms with van der Waals surface area (Å²) in [6.45, 7) is 3.95. The van der Waals surface area contributed by atoms with Crippen LogP contribution in [-0.2, 0) is 12.8 Å². The molecule has 0 aliphatic rings. The molecule has 2 rings (SSSR count). The second kappa shape index (κ2) is 6.43. The van der Waals surface area contributed by atoms with Crippen LogP contribution in [0, 0.1) is 6.92 Å². The molecule has 0 aliphatic carbocycles. The van der Waals surface area contributed by atoms with Gasteiger partial charge < -0.3 is 10.5 Å². The number of nitrogens with zero attached hydrogens (tertiary/aromatic N) is 3.